The van der Waals surface area contributed by atoms with Gasteiger partial charge in [-0.05, 0) is 67.6 Å². The molecule has 2 amide bonds. The van der Waals surface area contributed by atoms with Crippen molar-refractivity contribution in [3.05, 3.63) is 54.1 Å². The van der Waals surface area contributed by atoms with E-state index in [4.69, 9.17) is 9.47 Å². The van der Waals surface area contributed by atoms with Gasteiger partial charge in [-0.15, -0.1) is 0 Å². The molecule has 2 aromatic carbocycles. The standard InChI is InChI=1S/C23H23NO5/c1-14-6-11-19-20(12-14)22(26)24(21(19)25)16-7-9-17(10-8-16)29-23(27)15-4-3-5-18(13-15)28-2/h3-5,7-10,13-14,19-20H,6,11-12H2,1-2H3/t14-,19-,20-/m1/s1. The molecule has 0 spiro atoms. The molecule has 6 nitrogen and oxygen atoms in total. The summed E-state index contributed by atoms with van der Waals surface area (Å²) in [7, 11) is 1.53. The number of anilines is 1. The Balaban J connectivity index is 1.48. The van der Waals surface area contributed by atoms with Gasteiger partial charge in [-0.3, -0.25) is 14.5 Å². The molecule has 0 N–H and O–H groups in total. The van der Waals surface area contributed by atoms with Crippen molar-refractivity contribution < 1.29 is 23.9 Å². The van der Waals surface area contributed by atoms with Crippen LogP contribution in [0.5, 0.6) is 11.5 Å². The lowest BCUT2D eigenvalue weighted by Gasteiger charge is -2.25. The Morgan fingerprint density at radius 3 is 2.41 bits per heavy atom. The van der Waals surface area contributed by atoms with Gasteiger partial charge in [-0.2, -0.15) is 0 Å². The minimum absolute atomic E-state index is 0.118. The molecule has 0 bridgehead atoms. The summed E-state index contributed by atoms with van der Waals surface area (Å²) in [6, 6.07) is 13.2. The smallest absolute Gasteiger partial charge is 0.343 e. The number of hydrogen-bond donors (Lipinski definition) is 0. The van der Waals surface area contributed by atoms with Crippen molar-refractivity contribution in [1.82, 2.24) is 0 Å². The first-order valence-electron chi connectivity index (χ1n) is 9.82. The van der Waals surface area contributed by atoms with Crippen LogP contribution >= 0.6 is 0 Å². The largest absolute Gasteiger partial charge is 0.497 e. The number of esters is 1. The molecule has 0 aromatic heterocycles. The number of amides is 2. The van der Waals surface area contributed by atoms with Gasteiger partial charge in [-0.1, -0.05) is 13.0 Å². The highest BCUT2D eigenvalue weighted by atomic mass is 16.5. The summed E-state index contributed by atoms with van der Waals surface area (Å²) in [6.45, 7) is 2.13. The van der Waals surface area contributed by atoms with Gasteiger partial charge >= 0.3 is 5.97 Å². The monoisotopic (exact) mass is 393 g/mol. The van der Waals surface area contributed by atoms with Crippen molar-refractivity contribution in [3.8, 4) is 11.5 Å². The van der Waals surface area contributed by atoms with Crippen molar-refractivity contribution in [1.29, 1.82) is 0 Å². The lowest BCUT2D eigenvalue weighted by molar-refractivity contribution is -0.122. The third-order valence-corrected chi connectivity index (χ3v) is 5.80. The van der Waals surface area contributed by atoms with E-state index in [2.05, 4.69) is 6.92 Å². The first kappa shape index (κ1) is 19.2. The van der Waals surface area contributed by atoms with Crippen molar-refractivity contribution in [3.63, 3.8) is 0 Å². The molecular formula is C23H23NO5. The molecule has 0 radical (unpaired) electrons. The fraction of sp³-hybridized carbons (Fsp3) is 0.348. The summed E-state index contributed by atoms with van der Waals surface area (Å²) < 4.78 is 10.5. The fourth-order valence-corrected chi connectivity index (χ4v) is 4.22. The summed E-state index contributed by atoms with van der Waals surface area (Å²) in [6.07, 6.45) is 2.51. The molecule has 1 heterocycles. The van der Waals surface area contributed by atoms with Gasteiger partial charge in [0, 0.05) is 0 Å². The zero-order valence-corrected chi connectivity index (χ0v) is 16.5. The molecular weight excluding hydrogens is 370 g/mol. The Morgan fingerprint density at radius 2 is 1.69 bits per heavy atom. The predicted octanol–water partition coefficient (Wildman–Crippen LogP) is 3.84. The number of ether oxygens (including phenoxy) is 2. The summed E-state index contributed by atoms with van der Waals surface area (Å²) in [5.41, 5.74) is 0.889. The van der Waals surface area contributed by atoms with Gasteiger partial charge < -0.3 is 9.47 Å². The normalized spacial score (nSPS) is 23.7. The van der Waals surface area contributed by atoms with Crippen LogP contribution in [0.2, 0.25) is 0 Å². The Hall–Kier alpha value is -3.15. The van der Waals surface area contributed by atoms with E-state index in [1.54, 1.807) is 48.5 Å². The van der Waals surface area contributed by atoms with Crippen LogP contribution in [-0.4, -0.2) is 24.9 Å². The summed E-state index contributed by atoms with van der Waals surface area (Å²) in [5.74, 6) is 0.210. The molecule has 29 heavy (non-hydrogen) atoms. The minimum Gasteiger partial charge on any atom is -0.497 e. The van der Waals surface area contributed by atoms with Crippen molar-refractivity contribution in [2.24, 2.45) is 17.8 Å². The number of benzene rings is 2. The molecule has 2 aromatic rings. The summed E-state index contributed by atoms with van der Waals surface area (Å²) in [4.78, 5) is 39.2. The Bertz CT molecular complexity index is 952. The lowest BCUT2D eigenvalue weighted by atomic mass is 9.76. The molecule has 2 fully saturated rings. The second-order valence-electron chi connectivity index (χ2n) is 7.76. The molecule has 6 heteroatoms. The van der Waals surface area contributed by atoms with E-state index < -0.39 is 5.97 Å². The number of carbonyl (C=O) groups is 3. The van der Waals surface area contributed by atoms with Gasteiger partial charge in [0.05, 0.1) is 30.2 Å². The lowest BCUT2D eigenvalue weighted by Crippen LogP contribution is -2.30. The van der Waals surface area contributed by atoms with E-state index in [-0.39, 0.29) is 23.7 Å². The van der Waals surface area contributed by atoms with Crippen LogP contribution in [0, 0.1) is 17.8 Å². The van der Waals surface area contributed by atoms with E-state index in [0.29, 0.717) is 28.7 Å². The molecule has 1 aliphatic heterocycles. The highest BCUT2D eigenvalue weighted by Gasteiger charge is 2.49. The van der Waals surface area contributed by atoms with Crippen LogP contribution in [0.15, 0.2) is 48.5 Å². The first-order chi connectivity index (χ1) is 14.0. The Labute approximate surface area is 169 Å². The number of carbonyl (C=O) groups excluding carboxylic acids is 3. The maximum absolute atomic E-state index is 12.8. The van der Waals surface area contributed by atoms with Crippen LogP contribution < -0.4 is 14.4 Å². The topological polar surface area (TPSA) is 72.9 Å². The summed E-state index contributed by atoms with van der Waals surface area (Å²) >= 11 is 0. The van der Waals surface area contributed by atoms with E-state index in [1.807, 2.05) is 0 Å². The molecule has 2 aliphatic rings. The second kappa shape index (κ2) is 7.70. The molecule has 0 unspecified atom stereocenters. The SMILES string of the molecule is COc1cccc(C(=O)Oc2ccc(N3C(=O)[C@@H]4CC[C@@H](C)C[C@H]4C3=O)cc2)c1. The molecule has 1 saturated heterocycles. The van der Waals surface area contributed by atoms with Crippen LogP contribution in [-0.2, 0) is 9.59 Å². The van der Waals surface area contributed by atoms with Crippen molar-refractivity contribution in [2.45, 2.75) is 26.2 Å². The molecule has 1 aliphatic carbocycles. The number of hydrogen-bond acceptors (Lipinski definition) is 5. The first-order valence-corrected chi connectivity index (χ1v) is 9.82. The maximum atomic E-state index is 12.8. The quantitative estimate of drug-likeness (QED) is 0.448. The Morgan fingerprint density at radius 1 is 0.966 bits per heavy atom. The molecule has 1 saturated carbocycles. The third-order valence-electron chi connectivity index (χ3n) is 5.80. The molecule has 150 valence electrons. The van der Waals surface area contributed by atoms with E-state index >= 15 is 0 Å². The average Bonchev–Trinajstić information content (AvgIpc) is 2.98. The minimum atomic E-state index is -0.509. The maximum Gasteiger partial charge on any atom is 0.343 e. The summed E-state index contributed by atoms with van der Waals surface area (Å²) in [5, 5.41) is 0. The zero-order valence-electron chi connectivity index (χ0n) is 16.5. The number of rotatable bonds is 4. The van der Waals surface area contributed by atoms with E-state index in [0.717, 1.165) is 19.3 Å². The van der Waals surface area contributed by atoms with Crippen LogP contribution in [0.1, 0.15) is 36.5 Å². The van der Waals surface area contributed by atoms with Gasteiger partial charge in [0.25, 0.3) is 0 Å². The van der Waals surface area contributed by atoms with Crippen LogP contribution in [0.3, 0.4) is 0 Å². The van der Waals surface area contributed by atoms with Gasteiger partial charge in [0.15, 0.2) is 0 Å². The third kappa shape index (κ3) is 3.62. The van der Waals surface area contributed by atoms with Gasteiger partial charge in [-0.25, -0.2) is 4.79 Å². The number of nitrogens with zero attached hydrogens (tertiary/aromatic N) is 1. The highest BCUT2D eigenvalue weighted by Crippen LogP contribution is 2.42. The average molecular weight is 393 g/mol. The van der Waals surface area contributed by atoms with E-state index in [9.17, 15) is 14.4 Å². The number of methoxy groups -OCH3 is 1. The zero-order chi connectivity index (χ0) is 20.5. The van der Waals surface area contributed by atoms with Crippen molar-refractivity contribution in [2.75, 3.05) is 12.0 Å². The molecule has 3 atom stereocenters. The number of imide groups is 1. The number of fused-ring (bicyclic) bond motifs is 1. The Kier molecular flexibility index (Phi) is 5.09. The fourth-order valence-electron chi connectivity index (χ4n) is 4.22. The van der Waals surface area contributed by atoms with Crippen molar-refractivity contribution >= 4 is 23.5 Å². The van der Waals surface area contributed by atoms with Gasteiger partial charge in [0.1, 0.15) is 11.5 Å². The van der Waals surface area contributed by atoms with E-state index in [1.165, 1.54) is 12.0 Å². The van der Waals surface area contributed by atoms with Gasteiger partial charge in [0.2, 0.25) is 11.8 Å². The second-order valence-corrected chi connectivity index (χ2v) is 7.76. The van der Waals surface area contributed by atoms with Crippen LogP contribution in [0.4, 0.5) is 5.69 Å². The highest BCUT2D eigenvalue weighted by molar-refractivity contribution is 6.22. The predicted molar refractivity (Wildman–Crippen MR) is 107 cm³/mol. The molecule has 4 rings (SSSR count). The van der Waals surface area contributed by atoms with Crippen LogP contribution in [0.25, 0.3) is 0 Å².